The predicted octanol–water partition coefficient (Wildman–Crippen LogP) is 2.09. The first-order valence-corrected chi connectivity index (χ1v) is 9.97. The van der Waals surface area contributed by atoms with Crippen molar-refractivity contribution in [2.24, 2.45) is 5.73 Å². The molecule has 1 aromatic carbocycles. The third-order valence-corrected chi connectivity index (χ3v) is 6.30. The Morgan fingerprint density at radius 3 is 2.57 bits per heavy atom. The van der Waals surface area contributed by atoms with Crippen molar-refractivity contribution in [3.05, 3.63) is 36.7 Å². The van der Waals surface area contributed by atoms with E-state index in [2.05, 4.69) is 25.2 Å². The average molecular weight is 398 g/mol. The molecular weight excluding hydrogens is 374 g/mol. The summed E-state index contributed by atoms with van der Waals surface area (Å²) in [5.74, 6) is 0.546. The van der Waals surface area contributed by atoms with Crippen LogP contribution in [0.25, 0.3) is 10.3 Å². The van der Waals surface area contributed by atoms with E-state index in [-0.39, 0.29) is 5.91 Å². The number of nitrogens with one attached hydrogen (secondary N) is 1. The van der Waals surface area contributed by atoms with Gasteiger partial charge in [0.05, 0.1) is 0 Å². The maximum absolute atomic E-state index is 12.3. The highest BCUT2D eigenvalue weighted by Gasteiger charge is 2.40. The molecule has 0 bridgehead atoms. The molecule has 3 N–H and O–H groups in total. The predicted molar refractivity (Wildman–Crippen MR) is 113 cm³/mol. The Balaban J connectivity index is 1.58. The van der Waals surface area contributed by atoms with Gasteiger partial charge in [0.25, 0.3) is 0 Å². The molecule has 1 aliphatic rings. The summed E-state index contributed by atoms with van der Waals surface area (Å²) < 4.78 is 0.966. The van der Waals surface area contributed by atoms with Crippen LogP contribution in [0.2, 0.25) is 0 Å². The average Bonchev–Trinajstić information content (AvgIpc) is 3.14. The molecule has 1 saturated heterocycles. The molecule has 8 nitrogen and oxygen atoms in total. The van der Waals surface area contributed by atoms with Crippen LogP contribution in [0.5, 0.6) is 0 Å². The Hall–Kier alpha value is -2.94. The number of carbonyl (C=O) groups is 1. The number of thiazole rings is 1. The van der Waals surface area contributed by atoms with E-state index in [0.29, 0.717) is 31.6 Å². The fourth-order valence-electron chi connectivity index (χ4n) is 3.48. The fourth-order valence-corrected chi connectivity index (χ4v) is 4.44. The molecule has 2 aromatic heterocycles. The van der Waals surface area contributed by atoms with E-state index < -0.39 is 5.54 Å². The smallest absolute Gasteiger partial charge is 0.243 e. The number of primary amides is 1. The first kappa shape index (κ1) is 18.4. The number of anilines is 3. The van der Waals surface area contributed by atoms with Crippen molar-refractivity contribution >= 4 is 44.2 Å². The number of piperidine rings is 1. The largest absolute Gasteiger partial charge is 0.371 e. The van der Waals surface area contributed by atoms with E-state index in [1.807, 2.05) is 49.3 Å². The van der Waals surface area contributed by atoms with Crippen LogP contribution < -0.4 is 20.9 Å². The topological polar surface area (TPSA) is 100 Å². The number of carbonyl (C=O) groups excluding carboxylic acids is 1. The standard InChI is InChI=1S/C19H23N7OS/c1-25(2)18-23-15-14(28-18)16(22-12-21-15)26-10-8-19(9-11-26,17(20)27)24-13-6-4-3-5-7-13/h3-7,12,24H,8-11H2,1-2H3,(H2,20,27). The zero-order valence-corrected chi connectivity index (χ0v) is 16.7. The quantitative estimate of drug-likeness (QED) is 0.680. The lowest BCUT2D eigenvalue weighted by atomic mass is 9.86. The lowest BCUT2D eigenvalue weighted by Gasteiger charge is -2.41. The number of amides is 1. The van der Waals surface area contributed by atoms with Gasteiger partial charge in [-0.3, -0.25) is 4.79 Å². The first-order chi connectivity index (χ1) is 13.5. The number of fused-ring (bicyclic) bond motifs is 1. The Morgan fingerprint density at radius 1 is 1.21 bits per heavy atom. The Bertz CT molecular complexity index is 980. The third-order valence-electron chi connectivity index (χ3n) is 5.09. The van der Waals surface area contributed by atoms with Crippen LogP contribution in [0.15, 0.2) is 36.7 Å². The van der Waals surface area contributed by atoms with Gasteiger partial charge in [0.1, 0.15) is 16.6 Å². The lowest BCUT2D eigenvalue weighted by molar-refractivity contribution is -0.122. The SMILES string of the molecule is CN(C)c1nc2ncnc(N3CCC(Nc4ccccc4)(C(N)=O)CC3)c2s1. The van der Waals surface area contributed by atoms with E-state index in [1.165, 1.54) is 0 Å². The van der Waals surface area contributed by atoms with Gasteiger partial charge in [-0.15, -0.1) is 0 Å². The Kier molecular flexibility index (Phi) is 4.76. The van der Waals surface area contributed by atoms with Crippen molar-refractivity contribution < 1.29 is 4.79 Å². The van der Waals surface area contributed by atoms with Gasteiger partial charge in [-0.05, 0) is 25.0 Å². The van der Waals surface area contributed by atoms with Gasteiger partial charge < -0.3 is 20.9 Å². The molecule has 3 heterocycles. The summed E-state index contributed by atoms with van der Waals surface area (Å²) in [5.41, 5.74) is 6.65. The molecular formula is C19H23N7OS. The molecule has 0 unspecified atom stereocenters. The van der Waals surface area contributed by atoms with Crippen LogP contribution >= 0.6 is 11.3 Å². The van der Waals surface area contributed by atoms with Gasteiger partial charge in [-0.2, -0.15) is 4.98 Å². The summed E-state index contributed by atoms with van der Waals surface area (Å²) in [6.45, 7) is 1.34. The first-order valence-electron chi connectivity index (χ1n) is 9.15. The second-order valence-corrected chi connectivity index (χ2v) is 8.14. The minimum atomic E-state index is -0.757. The summed E-state index contributed by atoms with van der Waals surface area (Å²) in [4.78, 5) is 29.8. The molecule has 1 aliphatic heterocycles. The molecule has 0 aliphatic carbocycles. The number of nitrogens with two attached hydrogens (primary N) is 1. The highest BCUT2D eigenvalue weighted by molar-refractivity contribution is 7.22. The normalized spacial score (nSPS) is 16.1. The molecule has 28 heavy (non-hydrogen) atoms. The van der Waals surface area contributed by atoms with Crippen LogP contribution in [-0.2, 0) is 4.79 Å². The van der Waals surface area contributed by atoms with Crippen molar-refractivity contribution in [2.75, 3.05) is 42.3 Å². The summed E-state index contributed by atoms with van der Waals surface area (Å²) in [6.07, 6.45) is 2.75. The summed E-state index contributed by atoms with van der Waals surface area (Å²) in [6, 6.07) is 9.73. The zero-order valence-electron chi connectivity index (χ0n) is 15.9. The number of aromatic nitrogens is 3. The minimum absolute atomic E-state index is 0.323. The van der Waals surface area contributed by atoms with E-state index in [1.54, 1.807) is 17.7 Å². The van der Waals surface area contributed by atoms with Crippen LogP contribution in [-0.4, -0.2) is 53.6 Å². The Morgan fingerprint density at radius 2 is 1.93 bits per heavy atom. The van der Waals surface area contributed by atoms with Gasteiger partial charge in [0.15, 0.2) is 16.6 Å². The molecule has 0 atom stereocenters. The van der Waals surface area contributed by atoms with Crippen molar-refractivity contribution in [3.8, 4) is 0 Å². The number of hydrogen-bond acceptors (Lipinski definition) is 8. The van der Waals surface area contributed by atoms with Crippen molar-refractivity contribution in [2.45, 2.75) is 18.4 Å². The van der Waals surface area contributed by atoms with Gasteiger partial charge in [0, 0.05) is 32.9 Å². The van der Waals surface area contributed by atoms with Crippen LogP contribution in [0, 0.1) is 0 Å². The fraction of sp³-hybridized carbons (Fsp3) is 0.368. The molecule has 1 fully saturated rings. The van der Waals surface area contributed by atoms with Crippen molar-refractivity contribution in [1.29, 1.82) is 0 Å². The number of rotatable bonds is 5. The van der Waals surface area contributed by atoms with Crippen LogP contribution in [0.4, 0.5) is 16.6 Å². The van der Waals surface area contributed by atoms with Crippen LogP contribution in [0.1, 0.15) is 12.8 Å². The third kappa shape index (κ3) is 3.33. The highest BCUT2D eigenvalue weighted by Crippen LogP contribution is 2.35. The molecule has 1 amide bonds. The second-order valence-electron chi connectivity index (χ2n) is 7.17. The number of nitrogens with zero attached hydrogens (tertiary/aromatic N) is 5. The highest BCUT2D eigenvalue weighted by atomic mass is 32.1. The summed E-state index contributed by atoms with van der Waals surface area (Å²) >= 11 is 1.58. The minimum Gasteiger partial charge on any atom is -0.371 e. The number of para-hydroxylation sites is 1. The van der Waals surface area contributed by atoms with Gasteiger partial charge in [-0.25, -0.2) is 9.97 Å². The maximum atomic E-state index is 12.3. The van der Waals surface area contributed by atoms with Crippen LogP contribution in [0.3, 0.4) is 0 Å². The molecule has 9 heteroatoms. The molecule has 4 rings (SSSR count). The lowest BCUT2D eigenvalue weighted by Crippen LogP contribution is -2.57. The maximum Gasteiger partial charge on any atom is 0.243 e. The molecule has 0 spiro atoms. The zero-order chi connectivity index (χ0) is 19.7. The van der Waals surface area contributed by atoms with Gasteiger partial charge >= 0.3 is 0 Å². The molecule has 0 radical (unpaired) electrons. The Labute approximate surface area is 167 Å². The summed E-state index contributed by atoms with van der Waals surface area (Å²) in [5, 5.41) is 4.27. The number of benzene rings is 1. The van der Waals surface area contributed by atoms with E-state index in [0.717, 1.165) is 21.3 Å². The molecule has 3 aromatic rings. The van der Waals surface area contributed by atoms with E-state index in [9.17, 15) is 4.79 Å². The van der Waals surface area contributed by atoms with Crippen molar-refractivity contribution in [1.82, 2.24) is 15.0 Å². The number of hydrogen-bond donors (Lipinski definition) is 2. The second kappa shape index (κ2) is 7.23. The van der Waals surface area contributed by atoms with Gasteiger partial charge in [0.2, 0.25) is 5.91 Å². The summed E-state index contributed by atoms with van der Waals surface area (Å²) in [7, 11) is 3.92. The van der Waals surface area contributed by atoms with E-state index in [4.69, 9.17) is 5.73 Å². The van der Waals surface area contributed by atoms with E-state index >= 15 is 0 Å². The monoisotopic (exact) mass is 397 g/mol. The van der Waals surface area contributed by atoms with Crippen molar-refractivity contribution in [3.63, 3.8) is 0 Å². The molecule has 0 saturated carbocycles. The van der Waals surface area contributed by atoms with Gasteiger partial charge in [-0.1, -0.05) is 29.5 Å². The molecule has 146 valence electrons.